The zero-order valence-corrected chi connectivity index (χ0v) is 15.6. The van der Waals surface area contributed by atoms with Crippen molar-refractivity contribution in [2.75, 3.05) is 37.3 Å². The number of carbonyl (C=O) groups excluding carboxylic acids is 1. The number of sulfonamides is 1. The Morgan fingerprint density at radius 3 is 2.71 bits per heavy atom. The van der Waals surface area contributed by atoms with E-state index < -0.39 is 10.0 Å². The largest absolute Gasteiger partial charge is 0.495 e. The van der Waals surface area contributed by atoms with E-state index in [4.69, 9.17) is 4.74 Å². The second-order valence-electron chi connectivity index (χ2n) is 6.53. The molecule has 1 aromatic carbocycles. The lowest BCUT2D eigenvalue weighted by molar-refractivity contribution is -0.131. The number of rotatable bonds is 5. The maximum absolute atomic E-state index is 12.6. The Kier molecular flexibility index (Phi) is 5.74. The molecule has 24 heavy (non-hydrogen) atoms. The van der Waals surface area contributed by atoms with Gasteiger partial charge in [0.15, 0.2) is 0 Å². The summed E-state index contributed by atoms with van der Waals surface area (Å²) in [6.45, 7) is 5.15. The van der Waals surface area contributed by atoms with Crippen LogP contribution in [0.3, 0.4) is 0 Å². The molecule has 1 aromatic rings. The van der Waals surface area contributed by atoms with Crippen LogP contribution in [0.1, 0.15) is 25.3 Å². The van der Waals surface area contributed by atoms with Gasteiger partial charge in [-0.15, -0.1) is 0 Å². The summed E-state index contributed by atoms with van der Waals surface area (Å²) in [5.41, 5.74) is 1.30. The van der Waals surface area contributed by atoms with Crippen molar-refractivity contribution in [2.45, 2.75) is 26.7 Å². The highest BCUT2D eigenvalue weighted by Gasteiger charge is 2.28. The summed E-state index contributed by atoms with van der Waals surface area (Å²) in [5.74, 6) is 0.712. The average Bonchev–Trinajstić information content (AvgIpc) is 2.51. The molecule has 1 amide bonds. The van der Waals surface area contributed by atoms with Crippen molar-refractivity contribution in [2.24, 2.45) is 5.92 Å². The summed E-state index contributed by atoms with van der Waals surface area (Å²) in [6.07, 6.45) is 3.17. The Hall–Kier alpha value is -1.76. The van der Waals surface area contributed by atoms with E-state index in [1.807, 2.05) is 13.0 Å². The predicted molar refractivity (Wildman–Crippen MR) is 94.9 cm³/mol. The van der Waals surface area contributed by atoms with E-state index in [1.54, 1.807) is 17.0 Å². The van der Waals surface area contributed by atoms with Crippen molar-refractivity contribution in [3.8, 4) is 5.75 Å². The predicted octanol–water partition coefficient (Wildman–Crippen LogP) is 2.03. The third kappa shape index (κ3) is 4.41. The van der Waals surface area contributed by atoms with Crippen LogP contribution in [0.2, 0.25) is 0 Å². The van der Waals surface area contributed by atoms with Gasteiger partial charge in [0.05, 0.1) is 19.1 Å². The topological polar surface area (TPSA) is 66.9 Å². The summed E-state index contributed by atoms with van der Waals surface area (Å²) in [6, 6.07) is 5.29. The maximum atomic E-state index is 12.6. The molecule has 1 saturated heterocycles. The molecule has 1 unspecified atom stereocenters. The molecule has 1 fully saturated rings. The summed E-state index contributed by atoms with van der Waals surface area (Å²) < 4.78 is 31.0. The van der Waals surface area contributed by atoms with Crippen LogP contribution in [-0.2, 0) is 14.8 Å². The smallest absolute Gasteiger partial charge is 0.243 e. The minimum atomic E-state index is -3.61. The number of ether oxygens (including phenoxy) is 1. The molecule has 0 saturated carbocycles. The van der Waals surface area contributed by atoms with Crippen molar-refractivity contribution in [1.82, 2.24) is 4.90 Å². The third-order valence-corrected chi connectivity index (χ3v) is 5.42. The zero-order valence-electron chi connectivity index (χ0n) is 14.8. The molecule has 1 aliphatic heterocycles. The summed E-state index contributed by atoms with van der Waals surface area (Å²) >= 11 is 0. The summed E-state index contributed by atoms with van der Waals surface area (Å²) in [4.78, 5) is 14.4. The molecule has 134 valence electrons. The fourth-order valence-corrected chi connectivity index (χ4v) is 3.86. The van der Waals surface area contributed by atoms with E-state index in [0.29, 0.717) is 30.4 Å². The molecule has 0 N–H and O–H groups in total. The van der Waals surface area contributed by atoms with Crippen LogP contribution in [0.5, 0.6) is 5.75 Å². The van der Waals surface area contributed by atoms with E-state index in [2.05, 4.69) is 6.92 Å². The number of methoxy groups -OCH3 is 1. The van der Waals surface area contributed by atoms with Gasteiger partial charge in [-0.2, -0.15) is 0 Å². The van der Waals surface area contributed by atoms with Crippen molar-refractivity contribution >= 4 is 21.6 Å². The van der Waals surface area contributed by atoms with Crippen LogP contribution in [0.4, 0.5) is 5.69 Å². The van der Waals surface area contributed by atoms with E-state index >= 15 is 0 Å². The number of benzene rings is 1. The molecular weight excluding hydrogens is 328 g/mol. The number of carbonyl (C=O) groups is 1. The molecule has 0 spiro atoms. The Balaban J connectivity index is 2.30. The van der Waals surface area contributed by atoms with Crippen LogP contribution in [0.15, 0.2) is 18.2 Å². The van der Waals surface area contributed by atoms with Gasteiger partial charge >= 0.3 is 0 Å². The molecule has 7 heteroatoms. The van der Waals surface area contributed by atoms with Crippen molar-refractivity contribution in [1.29, 1.82) is 0 Å². The third-order valence-electron chi connectivity index (χ3n) is 4.29. The zero-order chi connectivity index (χ0) is 17.9. The van der Waals surface area contributed by atoms with E-state index in [0.717, 1.165) is 29.0 Å². The van der Waals surface area contributed by atoms with Gasteiger partial charge in [0.1, 0.15) is 12.3 Å². The van der Waals surface area contributed by atoms with E-state index in [1.165, 1.54) is 7.11 Å². The number of anilines is 1. The minimum absolute atomic E-state index is 0.171. The Labute approximate surface area is 144 Å². The molecular formula is C17H26N2O4S. The van der Waals surface area contributed by atoms with Crippen LogP contribution in [0, 0.1) is 12.8 Å². The van der Waals surface area contributed by atoms with Gasteiger partial charge in [0.2, 0.25) is 15.9 Å². The molecule has 0 bridgehead atoms. The van der Waals surface area contributed by atoms with Crippen LogP contribution in [-0.4, -0.2) is 52.2 Å². The summed E-state index contributed by atoms with van der Waals surface area (Å²) in [5, 5.41) is 0. The first kappa shape index (κ1) is 18.6. The average molecular weight is 354 g/mol. The molecule has 1 heterocycles. The maximum Gasteiger partial charge on any atom is 0.243 e. The second kappa shape index (κ2) is 7.42. The first-order valence-electron chi connectivity index (χ1n) is 8.12. The van der Waals surface area contributed by atoms with Crippen molar-refractivity contribution in [3.63, 3.8) is 0 Å². The number of amides is 1. The monoisotopic (exact) mass is 354 g/mol. The Morgan fingerprint density at radius 1 is 1.42 bits per heavy atom. The molecule has 6 nitrogen and oxygen atoms in total. The fraction of sp³-hybridized carbons (Fsp3) is 0.588. The van der Waals surface area contributed by atoms with Gasteiger partial charge in [-0.3, -0.25) is 9.10 Å². The molecule has 0 aromatic heterocycles. The van der Waals surface area contributed by atoms with Gasteiger partial charge in [-0.05, 0) is 43.4 Å². The molecule has 1 aliphatic rings. The first-order chi connectivity index (χ1) is 11.2. The van der Waals surface area contributed by atoms with E-state index in [9.17, 15) is 13.2 Å². The minimum Gasteiger partial charge on any atom is -0.495 e. The molecule has 2 rings (SSSR count). The van der Waals surface area contributed by atoms with Crippen LogP contribution >= 0.6 is 0 Å². The molecule has 0 radical (unpaired) electrons. The first-order valence-corrected chi connectivity index (χ1v) is 9.97. The van der Waals surface area contributed by atoms with Gasteiger partial charge in [0.25, 0.3) is 0 Å². The summed E-state index contributed by atoms with van der Waals surface area (Å²) in [7, 11) is -2.12. The Morgan fingerprint density at radius 2 is 2.12 bits per heavy atom. The molecule has 0 aliphatic carbocycles. The highest BCUT2D eigenvalue weighted by atomic mass is 32.2. The Bertz CT molecular complexity index is 703. The van der Waals surface area contributed by atoms with Gasteiger partial charge in [-0.25, -0.2) is 8.42 Å². The SMILES string of the molecule is COc1ccc(C)cc1N(CC(=O)N1CCCC(C)C1)S(C)(=O)=O. The van der Waals surface area contributed by atoms with Gasteiger partial charge in [-0.1, -0.05) is 13.0 Å². The van der Waals surface area contributed by atoms with Crippen LogP contribution < -0.4 is 9.04 Å². The van der Waals surface area contributed by atoms with Crippen LogP contribution in [0.25, 0.3) is 0 Å². The normalized spacial score (nSPS) is 18.3. The number of likely N-dealkylation sites (tertiary alicyclic amines) is 1. The number of piperidine rings is 1. The second-order valence-corrected chi connectivity index (χ2v) is 8.44. The van der Waals surface area contributed by atoms with Crippen molar-refractivity contribution < 1.29 is 17.9 Å². The molecule has 1 atom stereocenters. The lowest BCUT2D eigenvalue weighted by Gasteiger charge is -2.33. The highest BCUT2D eigenvalue weighted by Crippen LogP contribution is 2.31. The number of nitrogens with zero attached hydrogens (tertiary/aromatic N) is 2. The number of hydrogen-bond donors (Lipinski definition) is 0. The lowest BCUT2D eigenvalue weighted by Crippen LogP contribution is -2.46. The number of aryl methyl sites for hydroxylation is 1. The van der Waals surface area contributed by atoms with E-state index in [-0.39, 0.29) is 12.5 Å². The van der Waals surface area contributed by atoms with Gasteiger partial charge in [0, 0.05) is 13.1 Å². The lowest BCUT2D eigenvalue weighted by atomic mass is 10.0. The fourth-order valence-electron chi connectivity index (χ4n) is 3.01. The van der Waals surface area contributed by atoms with Gasteiger partial charge < -0.3 is 9.64 Å². The number of hydrogen-bond acceptors (Lipinski definition) is 4. The highest BCUT2D eigenvalue weighted by molar-refractivity contribution is 7.92. The standard InChI is InChI=1S/C17H26N2O4S/c1-13-7-8-16(23-3)15(10-13)19(24(4,21)22)12-17(20)18-9-5-6-14(2)11-18/h7-8,10,14H,5-6,9,11-12H2,1-4H3. The quantitative estimate of drug-likeness (QED) is 0.811. The van der Waals surface area contributed by atoms with Crippen molar-refractivity contribution in [3.05, 3.63) is 23.8 Å².